The predicted octanol–water partition coefficient (Wildman–Crippen LogP) is 1.04. The maximum Gasteiger partial charge on any atom is 0.317 e. The molecule has 0 aliphatic carbocycles. The zero-order valence-corrected chi connectivity index (χ0v) is 12.9. The average Bonchev–Trinajstić information content (AvgIpc) is 2.36. The van der Waals surface area contributed by atoms with Gasteiger partial charge >= 0.3 is 12.0 Å². The number of amides is 2. The molecule has 6 nitrogen and oxygen atoms in total. The van der Waals surface area contributed by atoms with Gasteiger partial charge in [-0.1, -0.05) is 0 Å². The highest BCUT2D eigenvalue weighted by atomic mass is 32.2. The maximum absolute atomic E-state index is 12.1. The molecule has 0 bridgehead atoms. The summed E-state index contributed by atoms with van der Waals surface area (Å²) in [5.41, 5.74) is 0. The number of hydrogen-bond donors (Lipinski definition) is 2. The summed E-state index contributed by atoms with van der Waals surface area (Å²) in [6, 6.07) is -0.166. The topological polar surface area (TPSA) is 86.7 Å². The number of carbonyl (C=O) groups excluding carboxylic acids is 1. The minimum absolute atomic E-state index is 0.0220. The molecule has 0 aromatic rings. The third-order valence-corrected chi connectivity index (χ3v) is 4.29. The predicted molar refractivity (Wildman–Crippen MR) is 78.1 cm³/mol. The Morgan fingerprint density at radius 2 is 2.20 bits per heavy atom. The number of likely N-dealkylation sites (tertiary alicyclic amines) is 1. The van der Waals surface area contributed by atoms with Gasteiger partial charge in [-0.15, -0.1) is 0 Å². The fraction of sp³-hybridized carbons (Fsp3) is 0.846. The fourth-order valence-electron chi connectivity index (χ4n) is 2.38. The highest BCUT2D eigenvalue weighted by molar-refractivity contribution is 7.84. The van der Waals surface area contributed by atoms with Gasteiger partial charge in [0.15, 0.2) is 0 Å². The summed E-state index contributed by atoms with van der Waals surface area (Å²) < 4.78 is 11.0. The molecule has 20 heavy (non-hydrogen) atoms. The summed E-state index contributed by atoms with van der Waals surface area (Å²) in [6.07, 6.45) is 4.16. The molecule has 0 aromatic carbocycles. The first-order chi connectivity index (χ1) is 9.38. The van der Waals surface area contributed by atoms with E-state index in [4.69, 9.17) is 5.11 Å². The fourth-order valence-corrected chi connectivity index (χ4v) is 3.07. The van der Waals surface area contributed by atoms with Crippen LogP contribution in [0.4, 0.5) is 4.79 Å². The van der Waals surface area contributed by atoms with Crippen molar-refractivity contribution in [3.8, 4) is 0 Å². The van der Waals surface area contributed by atoms with Gasteiger partial charge in [-0.05, 0) is 32.1 Å². The van der Waals surface area contributed by atoms with Crippen LogP contribution in [0.1, 0.15) is 32.6 Å². The molecule has 0 radical (unpaired) electrons. The van der Waals surface area contributed by atoms with Gasteiger partial charge in [0.2, 0.25) is 0 Å². The molecule has 7 heteroatoms. The zero-order chi connectivity index (χ0) is 15.1. The molecule has 2 N–H and O–H groups in total. The molecule has 1 fully saturated rings. The Hall–Kier alpha value is -1.11. The van der Waals surface area contributed by atoms with Crippen molar-refractivity contribution in [2.24, 2.45) is 5.92 Å². The monoisotopic (exact) mass is 304 g/mol. The van der Waals surface area contributed by atoms with Crippen molar-refractivity contribution in [2.75, 3.05) is 25.1 Å². The van der Waals surface area contributed by atoms with E-state index in [0.29, 0.717) is 25.3 Å². The van der Waals surface area contributed by atoms with E-state index in [1.54, 1.807) is 11.2 Å². The highest BCUT2D eigenvalue weighted by Gasteiger charge is 2.25. The summed E-state index contributed by atoms with van der Waals surface area (Å²) >= 11 is 0. The van der Waals surface area contributed by atoms with Gasteiger partial charge in [-0.3, -0.25) is 9.00 Å². The largest absolute Gasteiger partial charge is 0.481 e. The Morgan fingerprint density at radius 1 is 1.50 bits per heavy atom. The third kappa shape index (κ3) is 6.36. The Kier molecular flexibility index (Phi) is 6.98. The van der Waals surface area contributed by atoms with Crippen molar-refractivity contribution in [3.05, 3.63) is 0 Å². The van der Waals surface area contributed by atoms with Crippen molar-refractivity contribution in [2.45, 2.75) is 38.6 Å². The summed E-state index contributed by atoms with van der Waals surface area (Å²) in [5.74, 6) is -0.190. The summed E-state index contributed by atoms with van der Waals surface area (Å²) in [6.45, 7) is 3.07. The summed E-state index contributed by atoms with van der Waals surface area (Å²) in [7, 11) is -0.848. The van der Waals surface area contributed by atoms with E-state index < -0.39 is 16.8 Å². The number of nitrogens with one attached hydrogen (secondary N) is 1. The molecule has 0 aromatic heterocycles. The van der Waals surface area contributed by atoms with E-state index in [0.717, 1.165) is 12.8 Å². The van der Waals surface area contributed by atoms with Gasteiger partial charge in [0.1, 0.15) is 0 Å². The van der Waals surface area contributed by atoms with Crippen LogP contribution in [-0.2, 0) is 15.6 Å². The minimum atomic E-state index is -0.848. The van der Waals surface area contributed by atoms with Gasteiger partial charge in [0.25, 0.3) is 0 Å². The van der Waals surface area contributed by atoms with Crippen molar-refractivity contribution >= 4 is 22.8 Å². The van der Waals surface area contributed by atoms with Crippen LogP contribution in [0.25, 0.3) is 0 Å². The SMILES string of the molecule is CC(CCS(C)=O)NC(=O)N1CCCC(CC(=O)O)C1. The van der Waals surface area contributed by atoms with E-state index in [9.17, 15) is 13.8 Å². The Bertz CT molecular complexity index is 375. The normalized spacial score (nSPS) is 22.1. The molecule has 3 atom stereocenters. The van der Waals surface area contributed by atoms with E-state index >= 15 is 0 Å². The van der Waals surface area contributed by atoms with Gasteiger partial charge < -0.3 is 15.3 Å². The first-order valence-corrected chi connectivity index (χ1v) is 8.68. The van der Waals surface area contributed by atoms with E-state index in [2.05, 4.69) is 5.32 Å². The maximum atomic E-state index is 12.1. The molecule has 1 heterocycles. The van der Waals surface area contributed by atoms with E-state index in [-0.39, 0.29) is 24.4 Å². The van der Waals surface area contributed by atoms with Crippen LogP contribution in [0, 0.1) is 5.92 Å². The second-order valence-corrected chi connectivity index (χ2v) is 7.02. The molecule has 0 saturated carbocycles. The van der Waals surface area contributed by atoms with Gasteiger partial charge in [-0.25, -0.2) is 4.79 Å². The molecular weight excluding hydrogens is 280 g/mol. The van der Waals surface area contributed by atoms with Crippen molar-refractivity contribution in [3.63, 3.8) is 0 Å². The lowest BCUT2D eigenvalue weighted by molar-refractivity contribution is -0.138. The standard InChI is InChI=1S/C13H24N2O4S/c1-10(5-7-20(2)19)14-13(18)15-6-3-4-11(9-15)8-12(16)17/h10-11H,3-9H2,1-2H3,(H,14,18)(H,16,17). The number of carbonyl (C=O) groups is 2. The Balaban J connectivity index is 2.38. The lowest BCUT2D eigenvalue weighted by Crippen LogP contribution is -2.48. The lowest BCUT2D eigenvalue weighted by Gasteiger charge is -2.33. The summed E-state index contributed by atoms with van der Waals surface area (Å²) in [5, 5.41) is 11.7. The number of carboxylic acids is 1. The van der Waals surface area contributed by atoms with Crippen LogP contribution >= 0.6 is 0 Å². The minimum Gasteiger partial charge on any atom is -0.481 e. The molecule has 1 saturated heterocycles. The lowest BCUT2D eigenvalue weighted by atomic mass is 9.95. The van der Waals surface area contributed by atoms with Gasteiger partial charge in [0, 0.05) is 48.4 Å². The quantitative estimate of drug-likeness (QED) is 0.767. The van der Waals surface area contributed by atoms with E-state index in [1.165, 1.54) is 0 Å². The molecule has 1 aliphatic heterocycles. The van der Waals surface area contributed by atoms with E-state index in [1.807, 2.05) is 6.92 Å². The third-order valence-electron chi connectivity index (χ3n) is 3.48. The van der Waals surface area contributed by atoms with Crippen LogP contribution in [0.2, 0.25) is 0 Å². The number of aliphatic carboxylic acids is 1. The Morgan fingerprint density at radius 3 is 2.80 bits per heavy atom. The van der Waals surface area contributed by atoms with Crippen molar-refractivity contribution < 1.29 is 18.9 Å². The van der Waals surface area contributed by atoms with Crippen molar-refractivity contribution in [1.29, 1.82) is 0 Å². The first kappa shape index (κ1) is 16.9. The molecule has 116 valence electrons. The van der Waals surface area contributed by atoms with Crippen LogP contribution in [0.15, 0.2) is 0 Å². The number of rotatable bonds is 6. The van der Waals surface area contributed by atoms with Crippen LogP contribution in [-0.4, -0.2) is 57.4 Å². The molecule has 2 amide bonds. The van der Waals surface area contributed by atoms with Gasteiger partial charge in [-0.2, -0.15) is 0 Å². The van der Waals surface area contributed by atoms with Gasteiger partial charge in [0.05, 0.1) is 0 Å². The number of hydrogen-bond acceptors (Lipinski definition) is 3. The second-order valence-electron chi connectivity index (χ2n) is 5.47. The number of carboxylic acid groups (broad SMARTS) is 1. The van der Waals surface area contributed by atoms with Crippen LogP contribution < -0.4 is 5.32 Å². The number of piperidine rings is 1. The van der Waals surface area contributed by atoms with Crippen LogP contribution in [0.5, 0.6) is 0 Å². The molecular formula is C13H24N2O4S. The molecule has 0 spiro atoms. The molecule has 1 rings (SSSR count). The molecule has 1 aliphatic rings. The summed E-state index contributed by atoms with van der Waals surface area (Å²) in [4.78, 5) is 24.5. The smallest absolute Gasteiger partial charge is 0.317 e. The second kappa shape index (κ2) is 8.24. The van der Waals surface area contributed by atoms with Crippen molar-refractivity contribution in [1.82, 2.24) is 10.2 Å². The molecule has 3 unspecified atom stereocenters. The number of urea groups is 1. The van der Waals surface area contributed by atoms with Crippen LogP contribution in [0.3, 0.4) is 0 Å². The first-order valence-electron chi connectivity index (χ1n) is 6.95. The highest BCUT2D eigenvalue weighted by Crippen LogP contribution is 2.19. The average molecular weight is 304 g/mol. The Labute approximate surface area is 122 Å². The zero-order valence-electron chi connectivity index (χ0n) is 12.1. The number of nitrogens with zero attached hydrogens (tertiary/aromatic N) is 1.